The first kappa shape index (κ1) is 33.6. The Morgan fingerprint density at radius 2 is 1.78 bits per heavy atom. The van der Waals surface area contributed by atoms with Gasteiger partial charge in [0.05, 0.1) is 24.3 Å². The number of nitrogens with two attached hydrogens (primary N) is 1. The Morgan fingerprint density at radius 1 is 1.14 bits per heavy atom. The predicted octanol–water partition coefficient (Wildman–Crippen LogP) is 2.66. The molecule has 0 saturated carbocycles. The van der Waals surface area contributed by atoms with Crippen molar-refractivity contribution in [3.05, 3.63) is 29.8 Å². The number of benzene rings is 1. The second kappa shape index (κ2) is 17.1. The van der Waals surface area contributed by atoms with E-state index < -0.39 is 23.5 Å². The summed E-state index contributed by atoms with van der Waals surface area (Å²) in [5.74, 6) is 0.0540. The number of nitrogens with one attached hydrogen (secondary N) is 2. The Kier molecular flexibility index (Phi) is 16.0. The van der Waals surface area contributed by atoms with E-state index in [-0.39, 0.29) is 36.7 Å². The highest BCUT2D eigenvalue weighted by molar-refractivity contribution is 5.96. The molecule has 204 valence electrons. The van der Waals surface area contributed by atoms with Gasteiger partial charge in [-0.2, -0.15) is 5.26 Å². The molecule has 1 aromatic carbocycles. The van der Waals surface area contributed by atoms with Crippen molar-refractivity contribution in [1.82, 2.24) is 10.6 Å². The Labute approximate surface area is 221 Å². The second-order valence-corrected chi connectivity index (χ2v) is 9.67. The van der Waals surface area contributed by atoms with Crippen LogP contribution >= 0.6 is 12.4 Å². The highest BCUT2D eigenvalue weighted by Crippen LogP contribution is 2.21. The summed E-state index contributed by atoms with van der Waals surface area (Å²) in [6.07, 6.45) is 1.19. The molecule has 0 bridgehead atoms. The van der Waals surface area contributed by atoms with Gasteiger partial charge in [-0.25, -0.2) is 0 Å². The van der Waals surface area contributed by atoms with Crippen LogP contribution in [0.25, 0.3) is 0 Å². The zero-order chi connectivity index (χ0) is 26.4. The van der Waals surface area contributed by atoms with Crippen molar-refractivity contribution < 1.29 is 24.2 Å². The first-order chi connectivity index (χ1) is 16.5. The van der Waals surface area contributed by atoms with Gasteiger partial charge in [0, 0.05) is 32.8 Å². The molecule has 2 amide bonds. The molecule has 0 spiro atoms. The fourth-order valence-corrected chi connectivity index (χ4v) is 3.35. The number of hydrogen-bond acceptors (Lipinski definition) is 7. The lowest BCUT2D eigenvalue weighted by Gasteiger charge is -2.28. The number of unbranched alkanes of at least 4 members (excludes halogenated alkanes) is 1. The van der Waals surface area contributed by atoms with E-state index in [4.69, 9.17) is 20.5 Å². The normalized spacial score (nSPS) is 13.6. The maximum absolute atomic E-state index is 12.9. The quantitative estimate of drug-likeness (QED) is 0.242. The number of aliphatic hydroxyl groups excluding tert-OH is 1. The highest BCUT2D eigenvalue weighted by atomic mass is 35.5. The number of nitriles is 1. The summed E-state index contributed by atoms with van der Waals surface area (Å²) in [7, 11) is 1.66. The van der Waals surface area contributed by atoms with Gasteiger partial charge in [0.15, 0.2) is 0 Å². The number of rotatable bonds is 16. The molecule has 10 heteroatoms. The first-order valence-electron chi connectivity index (χ1n) is 12.2. The largest absolute Gasteiger partial charge is 0.493 e. The van der Waals surface area contributed by atoms with Crippen molar-refractivity contribution in [3.8, 4) is 11.8 Å². The predicted molar refractivity (Wildman–Crippen MR) is 142 cm³/mol. The van der Waals surface area contributed by atoms with E-state index in [0.717, 1.165) is 12.8 Å². The Morgan fingerprint density at radius 3 is 2.39 bits per heavy atom. The van der Waals surface area contributed by atoms with Crippen LogP contribution < -0.4 is 21.1 Å². The molecule has 0 aliphatic heterocycles. The van der Waals surface area contributed by atoms with Gasteiger partial charge in [-0.1, -0.05) is 26.0 Å². The summed E-state index contributed by atoms with van der Waals surface area (Å²) in [4.78, 5) is 24.9. The molecule has 0 saturated heterocycles. The van der Waals surface area contributed by atoms with E-state index >= 15 is 0 Å². The number of hydrogen-bond donors (Lipinski definition) is 4. The van der Waals surface area contributed by atoms with E-state index in [1.54, 1.807) is 25.3 Å². The molecule has 0 fully saturated rings. The Balaban J connectivity index is 0.0000122. The van der Waals surface area contributed by atoms with Gasteiger partial charge >= 0.3 is 0 Å². The minimum absolute atomic E-state index is 0. The fourth-order valence-electron chi connectivity index (χ4n) is 3.35. The van der Waals surface area contributed by atoms with Crippen LogP contribution in [-0.4, -0.2) is 62.5 Å². The molecule has 9 nitrogen and oxygen atoms in total. The minimum Gasteiger partial charge on any atom is -0.493 e. The maximum Gasteiger partial charge on any atom is 0.255 e. The van der Waals surface area contributed by atoms with Crippen LogP contribution in [0, 0.1) is 28.6 Å². The van der Waals surface area contributed by atoms with Crippen molar-refractivity contribution in [2.24, 2.45) is 23.0 Å². The highest BCUT2D eigenvalue weighted by Gasteiger charge is 2.29. The van der Waals surface area contributed by atoms with Crippen LogP contribution in [-0.2, 0) is 9.53 Å². The average Bonchev–Trinajstić information content (AvgIpc) is 2.84. The summed E-state index contributed by atoms with van der Waals surface area (Å²) >= 11 is 0. The number of halogens is 1. The molecule has 3 unspecified atom stereocenters. The average molecular weight is 527 g/mol. The summed E-state index contributed by atoms with van der Waals surface area (Å²) in [5.41, 5.74) is 5.49. The molecule has 0 aliphatic rings. The van der Waals surface area contributed by atoms with Crippen LogP contribution in [0.5, 0.6) is 5.75 Å². The van der Waals surface area contributed by atoms with E-state index in [1.807, 2.05) is 26.0 Å². The van der Waals surface area contributed by atoms with E-state index in [1.165, 1.54) is 13.8 Å². The molecule has 0 radical (unpaired) electrons. The minimum atomic E-state index is -1.18. The second-order valence-electron chi connectivity index (χ2n) is 9.67. The van der Waals surface area contributed by atoms with Gasteiger partial charge in [-0.3, -0.25) is 9.59 Å². The zero-order valence-electron chi connectivity index (χ0n) is 22.1. The number of carbonyl (C=O) groups excluding carboxylic acids is 2. The molecule has 0 aromatic heterocycles. The van der Waals surface area contributed by atoms with Gasteiger partial charge in [-0.05, 0) is 57.1 Å². The number of ether oxygens (including phenoxy) is 2. The van der Waals surface area contributed by atoms with Crippen LogP contribution in [0.4, 0.5) is 0 Å². The van der Waals surface area contributed by atoms with Gasteiger partial charge < -0.3 is 30.9 Å². The van der Waals surface area contributed by atoms with Crippen LogP contribution in [0.15, 0.2) is 24.3 Å². The van der Waals surface area contributed by atoms with Crippen molar-refractivity contribution in [2.75, 3.05) is 33.4 Å². The summed E-state index contributed by atoms with van der Waals surface area (Å²) < 4.78 is 10.8. The number of para-hydroxylation sites is 1. The third-order valence-electron chi connectivity index (χ3n) is 5.99. The third-order valence-corrected chi connectivity index (χ3v) is 5.99. The van der Waals surface area contributed by atoms with Crippen LogP contribution in [0.1, 0.15) is 57.3 Å². The van der Waals surface area contributed by atoms with Gasteiger partial charge in [-0.15, -0.1) is 12.4 Å². The smallest absolute Gasteiger partial charge is 0.255 e. The molecule has 0 heterocycles. The molecule has 36 heavy (non-hydrogen) atoms. The molecular weight excluding hydrogens is 484 g/mol. The summed E-state index contributed by atoms with van der Waals surface area (Å²) in [5, 5.41) is 25.0. The molecule has 1 aromatic rings. The number of carbonyl (C=O) groups is 2. The molecular formula is C26H43ClN4O5. The van der Waals surface area contributed by atoms with Crippen molar-refractivity contribution in [3.63, 3.8) is 0 Å². The SMILES string of the molecule is COCCCCOc1ccccc1C(=O)NCC(CC(N)C(O)CNC(=O)C(C)(C)C#N)C(C)C.Cl. The fraction of sp³-hybridized carbons (Fsp3) is 0.654. The lowest BCUT2D eigenvalue weighted by molar-refractivity contribution is -0.127. The molecule has 3 atom stereocenters. The number of aliphatic hydroxyl groups is 1. The third kappa shape index (κ3) is 11.6. The maximum atomic E-state index is 12.9. The first-order valence-corrected chi connectivity index (χ1v) is 12.2. The van der Waals surface area contributed by atoms with Gasteiger partial charge in [0.1, 0.15) is 11.2 Å². The van der Waals surface area contributed by atoms with Crippen molar-refractivity contribution in [1.29, 1.82) is 5.26 Å². The lowest BCUT2D eigenvalue weighted by Crippen LogP contribution is -2.47. The van der Waals surface area contributed by atoms with Crippen molar-refractivity contribution in [2.45, 2.75) is 59.1 Å². The topological polar surface area (TPSA) is 147 Å². The van der Waals surface area contributed by atoms with E-state index in [9.17, 15) is 14.7 Å². The standard InChI is InChI=1S/C26H42N4O5.ClH/c1-18(2)19(14-21(28)22(31)16-30-25(33)26(3,4)17-27)15-29-24(32)20-10-6-7-11-23(20)35-13-9-8-12-34-5;/h6-7,10-11,18-19,21-22,31H,8-9,12-16,28H2,1-5H3,(H,29,32)(H,30,33);1H. The summed E-state index contributed by atoms with van der Waals surface area (Å²) in [6.45, 7) is 8.59. The zero-order valence-corrected chi connectivity index (χ0v) is 22.9. The Bertz CT molecular complexity index is 844. The van der Waals surface area contributed by atoms with E-state index in [2.05, 4.69) is 10.6 Å². The summed E-state index contributed by atoms with van der Waals surface area (Å²) in [6, 6.07) is 8.45. The Hall–Kier alpha value is -2.38. The number of methoxy groups -OCH3 is 1. The van der Waals surface area contributed by atoms with E-state index in [0.29, 0.717) is 37.5 Å². The van der Waals surface area contributed by atoms with Gasteiger partial charge in [0.25, 0.3) is 5.91 Å². The number of amides is 2. The van der Waals surface area contributed by atoms with Crippen LogP contribution in [0.2, 0.25) is 0 Å². The lowest BCUT2D eigenvalue weighted by atomic mass is 9.87. The monoisotopic (exact) mass is 526 g/mol. The molecule has 1 rings (SSSR count). The van der Waals surface area contributed by atoms with Crippen molar-refractivity contribution >= 4 is 24.2 Å². The molecule has 5 N–H and O–H groups in total. The van der Waals surface area contributed by atoms with Crippen LogP contribution in [0.3, 0.4) is 0 Å². The number of nitrogens with zero attached hydrogens (tertiary/aromatic N) is 1. The molecule has 0 aliphatic carbocycles. The van der Waals surface area contributed by atoms with Gasteiger partial charge in [0.2, 0.25) is 5.91 Å².